The van der Waals surface area contributed by atoms with E-state index in [1.54, 1.807) is 6.92 Å². The maximum Gasteiger partial charge on any atom is 0.150 e. The summed E-state index contributed by atoms with van der Waals surface area (Å²) >= 11 is 5.67. The summed E-state index contributed by atoms with van der Waals surface area (Å²) < 4.78 is 48.5. The molecule has 0 bridgehead atoms. The number of hydrogen-bond donors (Lipinski definition) is 1. The maximum absolute atomic E-state index is 13.3. The summed E-state index contributed by atoms with van der Waals surface area (Å²) in [6, 6.07) is 1.72. The molecule has 1 aromatic carbocycles. The highest BCUT2D eigenvalue weighted by molar-refractivity contribution is 7.91. The van der Waals surface area contributed by atoms with Crippen molar-refractivity contribution in [2.75, 3.05) is 23.4 Å². The zero-order valence-corrected chi connectivity index (χ0v) is 11.4. The smallest absolute Gasteiger partial charge is 0.150 e. The number of hydrogen-bond acceptors (Lipinski definition) is 3. The van der Waals surface area contributed by atoms with Crippen LogP contribution in [0.1, 0.15) is 13.3 Å². The molecule has 1 aromatic rings. The minimum Gasteiger partial charge on any atom is -0.381 e. The summed E-state index contributed by atoms with van der Waals surface area (Å²) in [5, 5.41) is 2.60. The Morgan fingerprint density at radius 1 is 1.33 bits per heavy atom. The number of anilines is 1. The summed E-state index contributed by atoms with van der Waals surface area (Å²) in [6.07, 6.45) is 0.337. The van der Waals surface area contributed by atoms with Gasteiger partial charge in [-0.15, -0.1) is 0 Å². The van der Waals surface area contributed by atoms with Crippen molar-refractivity contribution in [2.45, 2.75) is 13.3 Å². The Balaban J connectivity index is 2.55. The average Bonchev–Trinajstić information content (AvgIpc) is 2.26. The van der Waals surface area contributed by atoms with Crippen LogP contribution in [0, 0.1) is 11.6 Å². The van der Waals surface area contributed by atoms with Gasteiger partial charge in [0.1, 0.15) is 15.7 Å². The lowest BCUT2D eigenvalue weighted by Gasteiger charge is -2.09. The minimum absolute atomic E-state index is 0.00744. The van der Waals surface area contributed by atoms with E-state index in [4.69, 9.17) is 11.6 Å². The van der Waals surface area contributed by atoms with Crippen LogP contribution in [0.4, 0.5) is 14.5 Å². The molecule has 0 saturated heterocycles. The molecule has 0 aliphatic carbocycles. The lowest BCUT2D eigenvalue weighted by atomic mass is 10.3. The average molecular weight is 298 g/mol. The normalized spacial score (nSPS) is 11.6. The van der Waals surface area contributed by atoms with E-state index in [9.17, 15) is 17.2 Å². The van der Waals surface area contributed by atoms with Gasteiger partial charge >= 0.3 is 0 Å². The van der Waals surface area contributed by atoms with Crippen LogP contribution in [-0.4, -0.2) is 26.5 Å². The third-order valence-electron chi connectivity index (χ3n) is 2.38. The fraction of sp³-hybridized carbons (Fsp3) is 0.455. The SMILES string of the molecule is CCS(=O)(=O)CCCNc1c(F)cc(F)cc1Cl. The van der Waals surface area contributed by atoms with Gasteiger partial charge in [-0.1, -0.05) is 18.5 Å². The first-order valence-corrected chi connectivity index (χ1v) is 7.64. The van der Waals surface area contributed by atoms with E-state index in [-0.39, 0.29) is 28.8 Å². The van der Waals surface area contributed by atoms with Crippen LogP contribution in [-0.2, 0) is 9.84 Å². The van der Waals surface area contributed by atoms with E-state index < -0.39 is 21.5 Å². The van der Waals surface area contributed by atoms with Gasteiger partial charge in [-0.05, 0) is 12.5 Å². The Morgan fingerprint density at radius 2 is 2.00 bits per heavy atom. The molecule has 0 radical (unpaired) electrons. The molecule has 0 heterocycles. The number of halogens is 3. The van der Waals surface area contributed by atoms with E-state index >= 15 is 0 Å². The van der Waals surface area contributed by atoms with Gasteiger partial charge in [0.15, 0.2) is 5.82 Å². The third-order valence-corrected chi connectivity index (χ3v) is 4.47. The fourth-order valence-corrected chi connectivity index (χ4v) is 2.50. The van der Waals surface area contributed by atoms with E-state index in [0.29, 0.717) is 6.42 Å². The largest absolute Gasteiger partial charge is 0.381 e. The monoisotopic (exact) mass is 297 g/mol. The molecular weight excluding hydrogens is 284 g/mol. The first-order chi connectivity index (χ1) is 8.35. The zero-order chi connectivity index (χ0) is 13.8. The topological polar surface area (TPSA) is 46.2 Å². The van der Waals surface area contributed by atoms with Crippen molar-refractivity contribution in [1.29, 1.82) is 0 Å². The standard InChI is InChI=1S/C11H14ClF2NO2S/c1-2-18(16,17)5-3-4-15-11-9(12)6-8(13)7-10(11)14/h6-7,15H,2-5H2,1H3. The van der Waals surface area contributed by atoms with Gasteiger partial charge in [-0.25, -0.2) is 17.2 Å². The van der Waals surface area contributed by atoms with Crippen LogP contribution < -0.4 is 5.32 Å². The van der Waals surface area contributed by atoms with Crippen LogP contribution in [0.15, 0.2) is 12.1 Å². The molecule has 0 aliphatic rings. The van der Waals surface area contributed by atoms with Crippen LogP contribution in [0.3, 0.4) is 0 Å². The Morgan fingerprint density at radius 3 is 2.56 bits per heavy atom. The van der Waals surface area contributed by atoms with Gasteiger partial charge < -0.3 is 5.32 Å². The summed E-state index contributed by atoms with van der Waals surface area (Å²) in [5.41, 5.74) is -0.00744. The zero-order valence-electron chi connectivity index (χ0n) is 9.84. The summed E-state index contributed by atoms with van der Waals surface area (Å²) in [7, 11) is -3.03. The Kier molecular flexibility index (Phi) is 5.34. The summed E-state index contributed by atoms with van der Waals surface area (Å²) in [5.74, 6) is -1.44. The first kappa shape index (κ1) is 15.2. The summed E-state index contributed by atoms with van der Waals surface area (Å²) in [6.45, 7) is 1.82. The molecule has 7 heteroatoms. The highest BCUT2D eigenvalue weighted by atomic mass is 35.5. The molecule has 0 aliphatic heterocycles. The predicted octanol–water partition coefficient (Wildman–Crippen LogP) is 2.85. The van der Waals surface area contributed by atoms with E-state index in [1.165, 1.54) is 0 Å². The quantitative estimate of drug-likeness (QED) is 0.821. The summed E-state index contributed by atoms with van der Waals surface area (Å²) in [4.78, 5) is 0. The third kappa shape index (κ3) is 4.42. The van der Waals surface area contributed by atoms with Crippen LogP contribution in [0.5, 0.6) is 0 Å². The Labute approximate surface area is 110 Å². The molecule has 0 unspecified atom stereocenters. The van der Waals surface area contributed by atoms with Crippen molar-refractivity contribution in [1.82, 2.24) is 0 Å². The second-order valence-corrected chi connectivity index (χ2v) is 6.64. The van der Waals surface area contributed by atoms with Gasteiger partial charge in [-0.3, -0.25) is 0 Å². The molecule has 102 valence electrons. The van der Waals surface area contributed by atoms with E-state index in [1.807, 2.05) is 0 Å². The Hall–Kier alpha value is -0.880. The minimum atomic E-state index is -3.03. The lowest BCUT2D eigenvalue weighted by molar-refractivity contribution is 0.585. The molecule has 1 rings (SSSR count). The van der Waals surface area contributed by atoms with Gasteiger partial charge in [-0.2, -0.15) is 0 Å². The van der Waals surface area contributed by atoms with Gasteiger partial charge in [0.2, 0.25) is 0 Å². The van der Waals surface area contributed by atoms with Crippen molar-refractivity contribution >= 4 is 27.1 Å². The molecule has 0 fully saturated rings. The van der Waals surface area contributed by atoms with Crippen molar-refractivity contribution < 1.29 is 17.2 Å². The molecule has 18 heavy (non-hydrogen) atoms. The molecular formula is C11H14ClF2NO2S. The van der Waals surface area contributed by atoms with E-state index in [0.717, 1.165) is 12.1 Å². The lowest BCUT2D eigenvalue weighted by Crippen LogP contribution is -2.13. The van der Waals surface area contributed by atoms with Crippen LogP contribution >= 0.6 is 11.6 Å². The molecule has 1 N–H and O–H groups in total. The molecule has 0 atom stereocenters. The van der Waals surface area contributed by atoms with Crippen molar-refractivity contribution in [3.05, 3.63) is 28.8 Å². The first-order valence-electron chi connectivity index (χ1n) is 5.44. The fourth-order valence-electron chi connectivity index (χ4n) is 1.36. The molecule has 0 amide bonds. The molecule has 0 spiro atoms. The Bertz CT molecular complexity index is 497. The van der Waals surface area contributed by atoms with Gasteiger partial charge in [0, 0.05) is 18.4 Å². The van der Waals surface area contributed by atoms with Gasteiger partial charge in [0.05, 0.1) is 16.5 Å². The van der Waals surface area contributed by atoms with Gasteiger partial charge in [0.25, 0.3) is 0 Å². The second kappa shape index (κ2) is 6.33. The van der Waals surface area contributed by atoms with Crippen molar-refractivity contribution in [3.8, 4) is 0 Å². The number of benzene rings is 1. The number of sulfone groups is 1. The highest BCUT2D eigenvalue weighted by Gasteiger charge is 2.10. The van der Waals surface area contributed by atoms with Crippen molar-refractivity contribution in [3.63, 3.8) is 0 Å². The molecule has 0 aromatic heterocycles. The second-order valence-electron chi connectivity index (χ2n) is 3.76. The van der Waals surface area contributed by atoms with Crippen molar-refractivity contribution in [2.24, 2.45) is 0 Å². The number of rotatable bonds is 6. The van der Waals surface area contributed by atoms with Crippen LogP contribution in [0.2, 0.25) is 5.02 Å². The maximum atomic E-state index is 13.3. The molecule has 0 saturated carbocycles. The number of nitrogens with one attached hydrogen (secondary N) is 1. The molecule has 3 nitrogen and oxygen atoms in total. The highest BCUT2D eigenvalue weighted by Crippen LogP contribution is 2.26. The van der Waals surface area contributed by atoms with E-state index in [2.05, 4.69) is 5.32 Å². The predicted molar refractivity (Wildman–Crippen MR) is 68.8 cm³/mol. The van der Waals surface area contributed by atoms with Crippen LogP contribution in [0.25, 0.3) is 0 Å².